The molecular formula is C26H25ClF6N4O3. The van der Waals surface area contributed by atoms with Gasteiger partial charge in [-0.25, -0.2) is 4.99 Å². The number of fused-ring (bicyclic) bond motifs is 1. The second-order valence-electron chi connectivity index (χ2n) is 9.50. The van der Waals surface area contributed by atoms with Crippen molar-refractivity contribution < 1.29 is 40.7 Å². The molecule has 0 fully saturated rings. The van der Waals surface area contributed by atoms with Crippen molar-refractivity contribution in [3.8, 4) is 0 Å². The third-order valence-electron chi connectivity index (χ3n) is 6.42. The van der Waals surface area contributed by atoms with Crippen LogP contribution >= 0.6 is 11.6 Å². The number of aryl methyl sites for hydroxylation is 1. The molecular weight excluding hydrogens is 566 g/mol. The maximum atomic E-state index is 13.5. The predicted octanol–water partition coefficient (Wildman–Crippen LogP) is 5.43. The second kappa shape index (κ2) is 11.9. The summed E-state index contributed by atoms with van der Waals surface area (Å²) < 4.78 is 78.8. The maximum absolute atomic E-state index is 13.5. The summed E-state index contributed by atoms with van der Waals surface area (Å²) in [6.07, 6.45) is -18.2. The number of halogens is 7. The highest BCUT2D eigenvalue weighted by atomic mass is 35.5. The van der Waals surface area contributed by atoms with E-state index in [1.165, 1.54) is 6.07 Å². The number of aliphatic imine (C=N–C) groups is 1. The van der Waals surface area contributed by atoms with E-state index in [9.17, 15) is 40.7 Å². The molecule has 0 aliphatic carbocycles. The number of carbonyl (C=O) groups is 3. The summed E-state index contributed by atoms with van der Waals surface area (Å²) in [7, 11) is 0. The molecule has 1 aliphatic rings. The normalized spacial score (nSPS) is 15.9. The van der Waals surface area contributed by atoms with Gasteiger partial charge >= 0.3 is 12.4 Å². The molecule has 0 bridgehead atoms. The first kappa shape index (κ1) is 30.9. The van der Waals surface area contributed by atoms with Crippen LogP contribution in [0.3, 0.4) is 0 Å². The van der Waals surface area contributed by atoms with E-state index in [-0.39, 0.29) is 5.71 Å². The number of rotatable bonds is 9. The van der Waals surface area contributed by atoms with E-state index in [4.69, 9.17) is 17.3 Å². The molecule has 40 heavy (non-hydrogen) atoms. The van der Waals surface area contributed by atoms with E-state index in [0.29, 0.717) is 27.4 Å². The van der Waals surface area contributed by atoms with Crippen LogP contribution in [0.5, 0.6) is 0 Å². The zero-order valence-electron chi connectivity index (χ0n) is 21.0. The van der Waals surface area contributed by atoms with Gasteiger partial charge in [-0.05, 0) is 37.5 Å². The predicted molar refractivity (Wildman–Crippen MR) is 136 cm³/mol. The fraction of sp³-hybridized carbons (Fsp3) is 0.385. The maximum Gasteiger partial charge on any atom is 0.389 e. The molecule has 216 valence electrons. The van der Waals surface area contributed by atoms with Crippen LogP contribution in [-0.2, 0) is 14.4 Å². The Morgan fingerprint density at radius 1 is 1.00 bits per heavy atom. The summed E-state index contributed by atoms with van der Waals surface area (Å²) in [6.45, 7) is 1.69. The first-order valence-electron chi connectivity index (χ1n) is 12.0. The van der Waals surface area contributed by atoms with E-state index in [2.05, 4.69) is 15.6 Å². The van der Waals surface area contributed by atoms with Crippen LogP contribution in [0, 0.1) is 12.3 Å². The Morgan fingerprint density at radius 3 is 2.15 bits per heavy atom. The van der Waals surface area contributed by atoms with Gasteiger partial charge in [0.05, 0.1) is 16.8 Å². The van der Waals surface area contributed by atoms with Gasteiger partial charge in [0, 0.05) is 35.4 Å². The Hall–Kier alpha value is -3.61. The van der Waals surface area contributed by atoms with Crippen LogP contribution in [0.1, 0.15) is 48.8 Å². The van der Waals surface area contributed by atoms with Crippen molar-refractivity contribution in [2.45, 2.75) is 57.5 Å². The number of nitrogens with two attached hydrogens (primary N) is 1. The van der Waals surface area contributed by atoms with Crippen molar-refractivity contribution >= 4 is 40.7 Å². The first-order valence-corrected chi connectivity index (χ1v) is 12.3. The highest BCUT2D eigenvalue weighted by Crippen LogP contribution is 2.41. The molecule has 1 aliphatic heterocycles. The zero-order chi connectivity index (χ0) is 29.9. The summed E-state index contributed by atoms with van der Waals surface area (Å²) in [5.74, 6) is -3.58. The number of benzene rings is 2. The largest absolute Gasteiger partial charge is 0.389 e. The standard InChI is InChI=1S/C26H25ClF6N4O3/c1-14-4-2-7-17-19(14)36-22(39)21(35-20(17)15-5-3-6-16(27)12-15)37-23(40)24(13-18(34)38,8-10-25(28,29)30)9-11-26(31,32)33/h2-7,12,21H,8-11,13H2,1H3,(H2,34,38)(H,36,39)(H,37,40)/t21-/m1/s1. The number of nitrogens with zero attached hydrogens (tertiary/aromatic N) is 1. The Bertz CT molecular complexity index is 1310. The molecule has 1 atom stereocenters. The quantitative estimate of drug-likeness (QED) is 0.339. The lowest BCUT2D eigenvalue weighted by atomic mass is 9.74. The van der Waals surface area contributed by atoms with Crippen molar-refractivity contribution in [1.82, 2.24) is 5.32 Å². The van der Waals surface area contributed by atoms with Crippen molar-refractivity contribution in [3.63, 3.8) is 0 Å². The van der Waals surface area contributed by atoms with Gasteiger partial charge in [-0.3, -0.25) is 14.4 Å². The van der Waals surface area contributed by atoms with Gasteiger partial charge in [0.25, 0.3) is 5.91 Å². The summed E-state index contributed by atoms with van der Waals surface area (Å²) >= 11 is 6.13. The second-order valence-corrected chi connectivity index (χ2v) is 9.94. The molecule has 4 N–H and O–H groups in total. The Balaban J connectivity index is 2.09. The third kappa shape index (κ3) is 7.96. The monoisotopic (exact) mass is 590 g/mol. The number of para-hydroxylation sites is 1. The number of primary amides is 1. The summed E-state index contributed by atoms with van der Waals surface area (Å²) in [6, 6.07) is 11.4. The van der Waals surface area contributed by atoms with Crippen LogP contribution in [0.25, 0.3) is 0 Å². The van der Waals surface area contributed by atoms with E-state index in [1.54, 1.807) is 43.3 Å². The van der Waals surface area contributed by atoms with Crippen LogP contribution in [0.2, 0.25) is 5.02 Å². The molecule has 2 aromatic rings. The van der Waals surface area contributed by atoms with Gasteiger partial charge in [0.2, 0.25) is 18.0 Å². The van der Waals surface area contributed by atoms with Crippen molar-refractivity contribution in [3.05, 3.63) is 64.2 Å². The molecule has 1 heterocycles. The number of anilines is 1. The van der Waals surface area contributed by atoms with Gasteiger partial charge in [0.1, 0.15) is 0 Å². The van der Waals surface area contributed by atoms with E-state index in [0.717, 1.165) is 0 Å². The van der Waals surface area contributed by atoms with E-state index >= 15 is 0 Å². The van der Waals surface area contributed by atoms with Gasteiger partial charge in [-0.15, -0.1) is 0 Å². The number of benzodiazepines with no additional fused rings is 1. The van der Waals surface area contributed by atoms with Crippen LogP contribution in [0.4, 0.5) is 32.0 Å². The number of nitrogens with one attached hydrogen (secondary N) is 2. The molecule has 0 saturated carbocycles. The van der Waals surface area contributed by atoms with Crippen molar-refractivity contribution in [2.24, 2.45) is 16.1 Å². The van der Waals surface area contributed by atoms with Gasteiger partial charge in [-0.1, -0.05) is 41.9 Å². The Morgan fingerprint density at radius 2 is 1.60 bits per heavy atom. The molecule has 3 amide bonds. The van der Waals surface area contributed by atoms with Crippen LogP contribution in [-0.4, -0.2) is 42.0 Å². The molecule has 0 radical (unpaired) electrons. The van der Waals surface area contributed by atoms with E-state index in [1.807, 2.05) is 0 Å². The van der Waals surface area contributed by atoms with Gasteiger partial charge in [-0.2, -0.15) is 26.3 Å². The number of alkyl halides is 6. The molecule has 3 rings (SSSR count). The number of hydrogen-bond acceptors (Lipinski definition) is 4. The fourth-order valence-electron chi connectivity index (χ4n) is 4.43. The molecule has 14 heteroatoms. The highest BCUT2D eigenvalue weighted by Gasteiger charge is 2.46. The molecule has 0 aromatic heterocycles. The number of hydrogen-bond donors (Lipinski definition) is 3. The smallest absolute Gasteiger partial charge is 0.370 e. The lowest BCUT2D eigenvalue weighted by molar-refractivity contribution is -0.160. The van der Waals surface area contributed by atoms with Gasteiger partial charge in [0.15, 0.2) is 0 Å². The molecule has 0 saturated heterocycles. The molecule has 0 spiro atoms. The number of carbonyl (C=O) groups excluding carboxylic acids is 3. The first-order chi connectivity index (χ1) is 18.5. The van der Waals surface area contributed by atoms with Crippen LogP contribution < -0.4 is 16.4 Å². The topological polar surface area (TPSA) is 114 Å². The highest BCUT2D eigenvalue weighted by molar-refractivity contribution is 6.31. The minimum Gasteiger partial charge on any atom is -0.370 e. The van der Waals surface area contributed by atoms with Gasteiger partial charge < -0.3 is 16.4 Å². The zero-order valence-corrected chi connectivity index (χ0v) is 21.8. The average molecular weight is 591 g/mol. The van der Waals surface area contributed by atoms with E-state index < -0.39 is 73.8 Å². The lowest BCUT2D eigenvalue weighted by Crippen LogP contribution is -2.51. The van der Waals surface area contributed by atoms with Crippen LogP contribution in [0.15, 0.2) is 47.5 Å². The Labute approximate surface area is 230 Å². The fourth-order valence-corrected chi connectivity index (χ4v) is 4.62. The summed E-state index contributed by atoms with van der Waals surface area (Å²) in [5.41, 5.74) is 4.64. The average Bonchev–Trinajstić information content (AvgIpc) is 2.97. The summed E-state index contributed by atoms with van der Waals surface area (Å²) in [5, 5.41) is 5.11. The van der Waals surface area contributed by atoms with Crippen molar-refractivity contribution in [1.29, 1.82) is 0 Å². The Kier molecular flexibility index (Phi) is 9.17. The third-order valence-corrected chi connectivity index (χ3v) is 6.65. The molecule has 7 nitrogen and oxygen atoms in total. The molecule has 2 aromatic carbocycles. The lowest BCUT2D eigenvalue weighted by Gasteiger charge is -2.33. The SMILES string of the molecule is Cc1cccc2c1NC(=O)[C@@H](NC(=O)C(CCC(F)(F)F)(CCC(F)(F)F)CC(N)=O)N=C2c1cccc(Cl)c1. The minimum atomic E-state index is -4.85. The van der Waals surface area contributed by atoms with Crippen molar-refractivity contribution in [2.75, 3.05) is 5.32 Å². The number of amides is 3. The molecule has 0 unspecified atom stereocenters. The minimum absolute atomic E-state index is 0.177. The summed E-state index contributed by atoms with van der Waals surface area (Å²) in [4.78, 5) is 42.8.